The van der Waals surface area contributed by atoms with Crippen molar-refractivity contribution >= 4 is 23.5 Å². The quantitative estimate of drug-likeness (QED) is 0.150. The van der Waals surface area contributed by atoms with E-state index in [0.29, 0.717) is 0 Å². The fourth-order valence-electron chi connectivity index (χ4n) is 1.77. The topological polar surface area (TPSA) is 269 Å². The Morgan fingerprint density at radius 3 is 1.30 bits per heavy atom. The third-order valence-corrected chi connectivity index (χ3v) is 6.45. The Kier molecular flexibility index (Phi) is 16.8. The molecule has 0 amide bonds. The zero-order valence-electron chi connectivity index (χ0n) is 14.2. The van der Waals surface area contributed by atoms with Gasteiger partial charge in [-0.1, -0.05) is 0 Å². The van der Waals surface area contributed by atoms with Crippen LogP contribution in [0.4, 0.5) is 0 Å². The van der Waals surface area contributed by atoms with E-state index in [-0.39, 0.29) is 88.7 Å². The van der Waals surface area contributed by atoms with E-state index < -0.39 is 60.1 Å². The number of hydrogen-bond acceptors (Lipinski definition) is 14. The molecule has 144 valence electrons. The average molecular weight is 486 g/mol. The van der Waals surface area contributed by atoms with E-state index in [2.05, 4.69) is 13.1 Å². The summed E-state index contributed by atoms with van der Waals surface area (Å²) in [6.07, 6.45) is -13.8. The van der Waals surface area contributed by atoms with Crippen molar-refractivity contribution in [1.29, 1.82) is 0 Å². The van der Waals surface area contributed by atoms with E-state index >= 15 is 0 Å². The number of rotatable bonds is 6. The molecule has 1 saturated carbocycles. The van der Waals surface area contributed by atoms with Gasteiger partial charge in [-0.05, 0) is 0 Å². The Bertz CT molecular complexity index is 549. The summed E-state index contributed by atoms with van der Waals surface area (Å²) in [6.45, 7) is 0. The van der Waals surface area contributed by atoms with Gasteiger partial charge in [-0.2, -0.15) is 0 Å². The first-order valence-corrected chi connectivity index (χ1v) is 10.2. The molecule has 27 heavy (non-hydrogen) atoms. The molecular formula is C6H12Na3O15P3. The molecule has 0 aromatic rings. The van der Waals surface area contributed by atoms with Crippen LogP contribution in [0.5, 0.6) is 0 Å². The van der Waals surface area contributed by atoms with Crippen LogP contribution in [-0.2, 0) is 26.8 Å². The maximum Gasteiger partial charge on any atom is 1.00 e. The van der Waals surface area contributed by atoms with Gasteiger partial charge in [-0.25, -0.2) is 8.88 Å². The summed E-state index contributed by atoms with van der Waals surface area (Å²) in [5.41, 5.74) is 0. The SMILES string of the molecule is O=P([O-])([O-])OP(=O)(OC1C(O)C(O)C(O)C(O)C1O)OP(=O)([O-])O.[Na+].[Na+].[Na+]. The summed E-state index contributed by atoms with van der Waals surface area (Å²) >= 11 is 0. The number of aliphatic hydroxyl groups excluding tert-OH is 5. The standard InChI is InChI=1S/C6H15O15P3.3Na/c7-1-2(8)4(10)6(5(11)3(1)9)19-24(18,20-22(12,13)14)21-23(15,16)17;;;/h1-11H,(H2,12,13,14)(H2,15,16,17);;;/q;3*+1/p-3. The van der Waals surface area contributed by atoms with Gasteiger partial charge in [0.15, 0.2) is 0 Å². The van der Waals surface area contributed by atoms with Crippen molar-refractivity contribution in [2.75, 3.05) is 0 Å². The Morgan fingerprint density at radius 2 is 1.00 bits per heavy atom. The van der Waals surface area contributed by atoms with Gasteiger partial charge in [0.05, 0.1) is 7.82 Å². The van der Waals surface area contributed by atoms with Crippen molar-refractivity contribution in [3.05, 3.63) is 0 Å². The first kappa shape index (κ1) is 34.8. The zero-order chi connectivity index (χ0) is 19.1. The molecule has 0 saturated heterocycles. The van der Waals surface area contributed by atoms with Gasteiger partial charge in [-0.3, -0.25) is 13.4 Å². The minimum absolute atomic E-state index is 0. The number of hydrogen-bond donors (Lipinski definition) is 6. The Hall–Kier alpha value is 3.21. The second-order valence-electron chi connectivity index (χ2n) is 4.55. The van der Waals surface area contributed by atoms with E-state index in [1.165, 1.54) is 0 Å². The molecule has 6 atom stereocenters. The van der Waals surface area contributed by atoms with Crippen LogP contribution in [0.2, 0.25) is 0 Å². The van der Waals surface area contributed by atoms with Gasteiger partial charge >= 0.3 is 96.5 Å². The van der Waals surface area contributed by atoms with E-state index in [9.17, 15) is 53.9 Å². The normalized spacial score (nSPS) is 35.4. The van der Waals surface area contributed by atoms with Crippen LogP contribution in [0.25, 0.3) is 0 Å². The molecule has 0 radical (unpaired) electrons. The Balaban J connectivity index is -0.00000192. The van der Waals surface area contributed by atoms with Gasteiger partial charge in [0, 0.05) is 0 Å². The molecule has 0 aromatic heterocycles. The van der Waals surface area contributed by atoms with Gasteiger partial charge < -0.3 is 49.7 Å². The van der Waals surface area contributed by atoms with Gasteiger partial charge in [0.2, 0.25) is 0 Å². The monoisotopic (exact) mass is 486 g/mol. The van der Waals surface area contributed by atoms with Crippen LogP contribution in [0, 0.1) is 0 Å². The number of phosphoric acid groups is 3. The van der Waals surface area contributed by atoms with Crippen LogP contribution < -0.4 is 103 Å². The number of aliphatic hydroxyl groups is 5. The molecule has 15 nitrogen and oxygen atoms in total. The van der Waals surface area contributed by atoms with Gasteiger partial charge in [0.25, 0.3) is 7.82 Å². The summed E-state index contributed by atoms with van der Waals surface area (Å²) in [6, 6.07) is 0. The molecule has 0 spiro atoms. The van der Waals surface area contributed by atoms with Crippen LogP contribution in [-0.4, -0.2) is 67.0 Å². The van der Waals surface area contributed by atoms with Crippen molar-refractivity contribution < 1.29 is 161 Å². The van der Waals surface area contributed by atoms with Crippen molar-refractivity contribution in [3.8, 4) is 0 Å². The largest absolute Gasteiger partial charge is 1.00 e. The second kappa shape index (κ2) is 13.0. The average Bonchev–Trinajstić information content (AvgIpc) is 2.35. The first-order valence-electron chi connectivity index (χ1n) is 5.74. The third kappa shape index (κ3) is 11.1. The van der Waals surface area contributed by atoms with Crippen molar-refractivity contribution in [1.82, 2.24) is 0 Å². The third-order valence-electron chi connectivity index (χ3n) is 2.73. The molecule has 0 heterocycles. The summed E-state index contributed by atoms with van der Waals surface area (Å²) in [7, 11) is -18.3. The maximum atomic E-state index is 11.9. The summed E-state index contributed by atoms with van der Waals surface area (Å²) < 4.78 is 43.7. The molecule has 1 aliphatic carbocycles. The molecular weight excluding hydrogens is 474 g/mol. The molecule has 0 aliphatic heterocycles. The van der Waals surface area contributed by atoms with E-state index in [1.54, 1.807) is 0 Å². The molecule has 0 aromatic carbocycles. The second-order valence-corrected chi connectivity index (χ2v) is 8.79. The van der Waals surface area contributed by atoms with Crippen molar-refractivity contribution in [2.45, 2.75) is 36.6 Å². The van der Waals surface area contributed by atoms with Crippen LogP contribution in [0.3, 0.4) is 0 Å². The molecule has 0 bridgehead atoms. The van der Waals surface area contributed by atoms with E-state index in [4.69, 9.17) is 4.89 Å². The Labute approximate surface area is 218 Å². The molecule has 6 N–H and O–H groups in total. The van der Waals surface area contributed by atoms with Gasteiger partial charge in [-0.15, -0.1) is 0 Å². The van der Waals surface area contributed by atoms with Crippen LogP contribution in [0.1, 0.15) is 0 Å². The van der Waals surface area contributed by atoms with Crippen molar-refractivity contribution in [3.63, 3.8) is 0 Å². The Morgan fingerprint density at radius 1 is 0.667 bits per heavy atom. The maximum absolute atomic E-state index is 11.9. The molecule has 1 rings (SSSR count). The van der Waals surface area contributed by atoms with Crippen molar-refractivity contribution in [2.24, 2.45) is 0 Å². The predicted molar refractivity (Wildman–Crippen MR) is 62.1 cm³/mol. The predicted octanol–water partition coefficient (Wildman–Crippen LogP) is -14.4. The molecule has 21 heteroatoms. The molecule has 1 fully saturated rings. The smallest absolute Gasteiger partial charge is 0.789 e. The molecule has 6 unspecified atom stereocenters. The minimum atomic E-state index is -6.24. The summed E-state index contributed by atoms with van der Waals surface area (Å²) in [5, 5.41) is 47.3. The summed E-state index contributed by atoms with van der Waals surface area (Å²) in [5.74, 6) is 0. The van der Waals surface area contributed by atoms with Crippen LogP contribution in [0.15, 0.2) is 0 Å². The fourth-order valence-corrected chi connectivity index (χ4v) is 5.01. The molecule has 1 aliphatic rings. The van der Waals surface area contributed by atoms with Crippen LogP contribution >= 0.6 is 23.5 Å². The summed E-state index contributed by atoms with van der Waals surface area (Å²) in [4.78, 5) is 40.0. The van der Waals surface area contributed by atoms with E-state index in [0.717, 1.165) is 0 Å². The van der Waals surface area contributed by atoms with Gasteiger partial charge in [0.1, 0.15) is 36.6 Å². The fraction of sp³-hybridized carbons (Fsp3) is 1.00. The zero-order valence-corrected chi connectivity index (χ0v) is 22.8. The van der Waals surface area contributed by atoms with E-state index in [1.807, 2.05) is 0 Å². The first-order chi connectivity index (χ1) is 10.6. The minimum Gasteiger partial charge on any atom is -0.789 e.